The zero-order chi connectivity index (χ0) is 13.0. The van der Waals surface area contributed by atoms with E-state index in [0.717, 1.165) is 10.5 Å². The molecule has 0 radical (unpaired) electrons. The van der Waals surface area contributed by atoms with Crippen LogP contribution in [0.4, 0.5) is 4.39 Å². The molecule has 1 N–H and O–H groups in total. The summed E-state index contributed by atoms with van der Waals surface area (Å²) in [6, 6.07) is 12.4. The van der Waals surface area contributed by atoms with E-state index in [1.54, 1.807) is 6.07 Å². The van der Waals surface area contributed by atoms with Gasteiger partial charge < -0.3 is 5.11 Å². The Morgan fingerprint density at radius 3 is 2.50 bits per heavy atom. The van der Waals surface area contributed by atoms with Gasteiger partial charge in [0.25, 0.3) is 0 Å². The third-order valence-electron chi connectivity index (χ3n) is 2.54. The summed E-state index contributed by atoms with van der Waals surface area (Å²) in [5, 5.41) is 9.86. The van der Waals surface area contributed by atoms with E-state index in [-0.39, 0.29) is 12.4 Å². The molecule has 0 atom stereocenters. The fraction of sp³-hybridized carbons (Fsp3) is 0.143. The first kappa shape index (κ1) is 13.4. The highest BCUT2D eigenvalue weighted by molar-refractivity contribution is 7.98. The summed E-state index contributed by atoms with van der Waals surface area (Å²) in [6.07, 6.45) is 0. The molecule has 1 nitrogen and oxygen atoms in total. The third kappa shape index (κ3) is 3.25. The third-order valence-corrected chi connectivity index (χ3v) is 3.96. The molecule has 0 saturated carbocycles. The molecule has 0 heterocycles. The second kappa shape index (κ2) is 6.23. The normalized spacial score (nSPS) is 10.6. The Hall–Kier alpha value is -1.03. The number of aliphatic hydroxyl groups excluding tert-OH is 1. The van der Waals surface area contributed by atoms with E-state index >= 15 is 0 Å². The minimum Gasteiger partial charge on any atom is -0.392 e. The van der Waals surface area contributed by atoms with Crippen LogP contribution in [0.5, 0.6) is 0 Å². The van der Waals surface area contributed by atoms with Crippen molar-refractivity contribution in [3.63, 3.8) is 0 Å². The smallest absolute Gasteiger partial charge is 0.129 e. The largest absolute Gasteiger partial charge is 0.392 e. The van der Waals surface area contributed by atoms with E-state index in [1.807, 2.05) is 30.3 Å². The van der Waals surface area contributed by atoms with Gasteiger partial charge >= 0.3 is 0 Å². The van der Waals surface area contributed by atoms with Gasteiger partial charge in [0.15, 0.2) is 0 Å². The van der Waals surface area contributed by atoms with Gasteiger partial charge in [-0.2, -0.15) is 0 Å². The average molecular weight is 283 g/mol. The molecule has 2 rings (SSSR count). The second-order valence-electron chi connectivity index (χ2n) is 3.79. The fourth-order valence-corrected chi connectivity index (χ4v) is 2.72. The molecule has 2 aromatic carbocycles. The van der Waals surface area contributed by atoms with Crippen molar-refractivity contribution < 1.29 is 9.50 Å². The lowest BCUT2D eigenvalue weighted by Gasteiger charge is -2.08. The molecule has 0 fully saturated rings. The highest BCUT2D eigenvalue weighted by Crippen LogP contribution is 2.28. The predicted octanol–water partition coefficient (Wildman–Crippen LogP) is 4.26. The average Bonchev–Trinajstić information content (AvgIpc) is 2.38. The first-order valence-electron chi connectivity index (χ1n) is 5.46. The molecule has 0 amide bonds. The van der Waals surface area contributed by atoms with Gasteiger partial charge in [-0.15, -0.1) is 11.8 Å². The van der Waals surface area contributed by atoms with Crippen LogP contribution in [0.3, 0.4) is 0 Å². The van der Waals surface area contributed by atoms with Crippen molar-refractivity contribution in [1.82, 2.24) is 0 Å². The minimum atomic E-state index is -0.362. The van der Waals surface area contributed by atoms with Gasteiger partial charge in [-0.25, -0.2) is 4.39 Å². The van der Waals surface area contributed by atoms with Crippen molar-refractivity contribution in [3.8, 4) is 0 Å². The van der Waals surface area contributed by atoms with E-state index in [0.29, 0.717) is 16.3 Å². The highest BCUT2D eigenvalue weighted by Gasteiger charge is 2.07. The highest BCUT2D eigenvalue weighted by atomic mass is 35.5. The Bertz CT molecular complexity index is 528. The standard InChI is InChI=1S/C14H12ClFOS/c15-11-6-4-10(5-7-11)9-18-14-3-1-2-13(16)12(14)8-17/h1-7,17H,8-9H2. The van der Waals surface area contributed by atoms with Crippen LogP contribution in [0.2, 0.25) is 5.02 Å². The fourth-order valence-electron chi connectivity index (χ4n) is 1.57. The molecule has 0 spiro atoms. The van der Waals surface area contributed by atoms with E-state index in [9.17, 15) is 4.39 Å². The summed E-state index contributed by atoms with van der Waals surface area (Å²) in [7, 11) is 0. The monoisotopic (exact) mass is 282 g/mol. The van der Waals surface area contributed by atoms with E-state index in [1.165, 1.54) is 17.8 Å². The zero-order valence-electron chi connectivity index (χ0n) is 9.57. The maximum atomic E-state index is 13.4. The van der Waals surface area contributed by atoms with Crippen LogP contribution >= 0.6 is 23.4 Å². The van der Waals surface area contributed by atoms with Crippen molar-refractivity contribution in [2.45, 2.75) is 17.3 Å². The van der Waals surface area contributed by atoms with Gasteiger partial charge in [0.05, 0.1) is 6.61 Å². The minimum absolute atomic E-state index is 0.282. The van der Waals surface area contributed by atoms with Crippen LogP contribution in [-0.2, 0) is 12.4 Å². The number of rotatable bonds is 4. The van der Waals surface area contributed by atoms with Gasteiger partial charge in [-0.3, -0.25) is 0 Å². The quantitative estimate of drug-likeness (QED) is 0.846. The van der Waals surface area contributed by atoms with Crippen LogP contribution in [0.1, 0.15) is 11.1 Å². The Morgan fingerprint density at radius 2 is 1.83 bits per heavy atom. The van der Waals surface area contributed by atoms with Gasteiger partial charge in [0, 0.05) is 21.2 Å². The van der Waals surface area contributed by atoms with Gasteiger partial charge in [-0.1, -0.05) is 29.8 Å². The molecule has 4 heteroatoms. The Balaban J connectivity index is 2.10. The maximum absolute atomic E-state index is 13.4. The molecule has 0 saturated heterocycles. The summed E-state index contributed by atoms with van der Waals surface area (Å²) >= 11 is 7.31. The van der Waals surface area contributed by atoms with Crippen molar-refractivity contribution in [3.05, 3.63) is 64.4 Å². The Morgan fingerprint density at radius 1 is 1.11 bits per heavy atom. The molecule has 0 aliphatic heterocycles. The zero-order valence-corrected chi connectivity index (χ0v) is 11.1. The van der Waals surface area contributed by atoms with Crippen molar-refractivity contribution in [1.29, 1.82) is 0 Å². The summed E-state index contributed by atoms with van der Waals surface area (Å²) < 4.78 is 13.4. The van der Waals surface area contributed by atoms with Crippen molar-refractivity contribution >= 4 is 23.4 Å². The SMILES string of the molecule is OCc1c(F)cccc1SCc1ccc(Cl)cc1. The predicted molar refractivity (Wildman–Crippen MR) is 73.3 cm³/mol. The lowest BCUT2D eigenvalue weighted by molar-refractivity contribution is 0.272. The second-order valence-corrected chi connectivity index (χ2v) is 5.24. The number of thioether (sulfide) groups is 1. The van der Waals surface area contributed by atoms with Crippen molar-refractivity contribution in [2.75, 3.05) is 0 Å². The molecule has 94 valence electrons. The Kier molecular flexibility index (Phi) is 4.64. The van der Waals surface area contributed by atoms with Crippen LogP contribution < -0.4 is 0 Å². The first-order chi connectivity index (χ1) is 8.70. The number of aliphatic hydroxyl groups is 1. The molecule has 0 bridgehead atoms. The lowest BCUT2D eigenvalue weighted by atomic mass is 10.2. The van der Waals surface area contributed by atoms with Crippen LogP contribution in [0, 0.1) is 5.82 Å². The molecule has 0 unspecified atom stereocenters. The van der Waals surface area contributed by atoms with Gasteiger partial charge in [0.1, 0.15) is 5.82 Å². The number of hydrogen-bond donors (Lipinski definition) is 1. The summed E-state index contributed by atoms with van der Waals surface area (Å²) in [4.78, 5) is 0.771. The van der Waals surface area contributed by atoms with Gasteiger partial charge in [-0.05, 0) is 29.8 Å². The molecular formula is C14H12ClFOS. The van der Waals surface area contributed by atoms with E-state index in [2.05, 4.69) is 0 Å². The van der Waals surface area contributed by atoms with Crippen LogP contribution in [0.25, 0.3) is 0 Å². The van der Waals surface area contributed by atoms with Crippen molar-refractivity contribution in [2.24, 2.45) is 0 Å². The molecule has 18 heavy (non-hydrogen) atoms. The van der Waals surface area contributed by atoms with E-state index < -0.39 is 0 Å². The number of hydrogen-bond acceptors (Lipinski definition) is 2. The van der Waals surface area contributed by atoms with Gasteiger partial charge in [0.2, 0.25) is 0 Å². The molecule has 2 aromatic rings. The molecule has 0 aliphatic rings. The van der Waals surface area contributed by atoms with Crippen LogP contribution in [-0.4, -0.2) is 5.11 Å². The molecular weight excluding hydrogens is 271 g/mol. The lowest BCUT2D eigenvalue weighted by Crippen LogP contribution is -1.93. The van der Waals surface area contributed by atoms with E-state index in [4.69, 9.17) is 16.7 Å². The molecule has 0 aliphatic carbocycles. The first-order valence-corrected chi connectivity index (χ1v) is 6.82. The number of halogens is 2. The summed E-state index contributed by atoms with van der Waals surface area (Å²) in [5.74, 6) is 0.353. The maximum Gasteiger partial charge on any atom is 0.129 e. The topological polar surface area (TPSA) is 20.2 Å². The Labute approximate surface area is 115 Å². The van der Waals surface area contributed by atoms with Crippen LogP contribution in [0.15, 0.2) is 47.4 Å². The number of benzene rings is 2. The summed E-state index contributed by atoms with van der Waals surface area (Å²) in [5.41, 5.74) is 1.47. The summed E-state index contributed by atoms with van der Waals surface area (Å²) in [6.45, 7) is -0.282. The molecule has 0 aromatic heterocycles.